The quantitative estimate of drug-likeness (QED) is 0.479. The Labute approximate surface area is 183 Å². The number of fused-ring (bicyclic) bond motifs is 5. The van der Waals surface area contributed by atoms with Crippen molar-refractivity contribution >= 4 is 5.78 Å². The van der Waals surface area contributed by atoms with Gasteiger partial charge in [0.25, 0.3) is 0 Å². The zero-order valence-electron chi connectivity index (χ0n) is 24.9. The van der Waals surface area contributed by atoms with E-state index in [4.69, 9.17) is 9.60 Å². The van der Waals surface area contributed by atoms with Gasteiger partial charge in [-0.1, -0.05) is 65.9 Å². The Bertz CT molecular complexity index is 886. The normalized spacial score (nSPS) is 48.3. The molecule has 0 aromatic carbocycles. The molecule has 1 nitrogen and oxygen atoms in total. The zero-order valence-corrected chi connectivity index (χ0v) is 17.9. The number of hydrogen-bond donors (Lipinski definition) is 0. The lowest BCUT2D eigenvalue weighted by atomic mass is 9.47. The van der Waals surface area contributed by atoms with Gasteiger partial charge in [-0.25, -0.2) is 0 Å². The average molecular weight is 390 g/mol. The van der Waals surface area contributed by atoms with Crippen molar-refractivity contribution in [3.05, 3.63) is 23.8 Å². The third kappa shape index (κ3) is 3.16. The summed E-state index contributed by atoms with van der Waals surface area (Å²) < 4.78 is 54.4. The number of carbonyl (C=O) groups is 1. The molecule has 0 heterocycles. The molecular formula is C27H42O. The molecule has 1 heteroatoms. The lowest BCUT2D eigenvalue weighted by Crippen LogP contribution is -2.52. The van der Waals surface area contributed by atoms with Crippen molar-refractivity contribution in [1.29, 1.82) is 0 Å². The number of ketones is 1. The summed E-state index contributed by atoms with van der Waals surface area (Å²) in [5.41, 5.74) is 1.40. The van der Waals surface area contributed by atoms with E-state index in [1.54, 1.807) is 0 Å². The molecule has 4 aliphatic rings. The highest BCUT2D eigenvalue weighted by atomic mass is 16.1. The van der Waals surface area contributed by atoms with Crippen molar-refractivity contribution in [3.63, 3.8) is 0 Å². The van der Waals surface area contributed by atoms with E-state index in [2.05, 4.69) is 32.9 Å². The number of carbonyl (C=O) groups excluding carboxylic acids is 1. The van der Waals surface area contributed by atoms with Gasteiger partial charge in [-0.3, -0.25) is 4.79 Å². The average Bonchev–Trinajstić information content (AvgIpc) is 3.09. The van der Waals surface area contributed by atoms with Crippen LogP contribution in [0.3, 0.4) is 0 Å². The van der Waals surface area contributed by atoms with Crippen LogP contribution in [0.15, 0.2) is 23.8 Å². The van der Waals surface area contributed by atoms with E-state index in [1.165, 1.54) is 5.57 Å². The van der Waals surface area contributed by atoms with Gasteiger partial charge in [0.2, 0.25) is 0 Å². The van der Waals surface area contributed by atoms with Crippen molar-refractivity contribution in [2.75, 3.05) is 0 Å². The van der Waals surface area contributed by atoms with Gasteiger partial charge in [0.05, 0.1) is 0 Å². The lowest BCUT2D eigenvalue weighted by Gasteiger charge is -2.56. The SMILES string of the molecule is [2H]C([2H])([2H])C([2H])(CCC[C@@H](C)C1CC[C@H]2[C@@H]3C(=O)C=C4C=CCC[C@]4(C)[C@H]3CC[C@]12C)C([2H])([2H])[2H]. The van der Waals surface area contributed by atoms with Gasteiger partial charge in [0, 0.05) is 15.5 Å². The summed E-state index contributed by atoms with van der Waals surface area (Å²) >= 11 is 0. The first-order valence-corrected chi connectivity index (χ1v) is 11.5. The third-order valence-corrected chi connectivity index (χ3v) is 9.35. The van der Waals surface area contributed by atoms with E-state index in [0.717, 1.165) is 38.5 Å². The van der Waals surface area contributed by atoms with Gasteiger partial charge in [-0.05, 0) is 90.6 Å². The predicted molar refractivity (Wildman–Crippen MR) is 118 cm³/mol. The zero-order chi connectivity index (χ0) is 26.0. The van der Waals surface area contributed by atoms with Gasteiger partial charge >= 0.3 is 0 Å². The summed E-state index contributed by atoms with van der Waals surface area (Å²) in [6.45, 7) is 1.25. The van der Waals surface area contributed by atoms with Gasteiger partial charge in [0.1, 0.15) is 0 Å². The molecule has 0 aliphatic heterocycles. The minimum atomic E-state index is -2.84. The van der Waals surface area contributed by atoms with Crippen LogP contribution >= 0.6 is 0 Å². The van der Waals surface area contributed by atoms with E-state index in [-0.39, 0.29) is 23.2 Å². The molecule has 0 radical (unpaired) electrons. The van der Waals surface area contributed by atoms with Crippen molar-refractivity contribution in [2.24, 2.45) is 46.3 Å². The number of allylic oxidation sites excluding steroid dienone is 4. The monoisotopic (exact) mass is 389 g/mol. The van der Waals surface area contributed by atoms with Gasteiger partial charge in [-0.15, -0.1) is 0 Å². The second-order valence-corrected chi connectivity index (χ2v) is 10.7. The summed E-state index contributed by atoms with van der Waals surface area (Å²) in [4.78, 5) is 13.4. The molecular weight excluding hydrogens is 340 g/mol. The highest BCUT2D eigenvalue weighted by molar-refractivity contribution is 5.95. The van der Waals surface area contributed by atoms with Crippen LogP contribution in [0, 0.1) is 46.3 Å². The molecule has 7 atom stereocenters. The first-order chi connectivity index (χ1) is 16.1. The first kappa shape index (κ1) is 13.5. The minimum Gasteiger partial charge on any atom is -0.295 e. The highest BCUT2D eigenvalue weighted by Crippen LogP contribution is 2.66. The maximum atomic E-state index is 13.4. The fraction of sp³-hybridized carbons (Fsp3) is 0.815. The predicted octanol–water partition coefficient (Wildman–Crippen LogP) is 7.37. The van der Waals surface area contributed by atoms with E-state index >= 15 is 0 Å². The van der Waals surface area contributed by atoms with Crippen LogP contribution < -0.4 is 0 Å². The molecule has 0 aromatic rings. The standard InChI is InChI=1S/C27H42O/c1-18(2)9-8-10-19(3)21-12-13-22-25-23(14-16-27(21,22)5)26(4)15-7-6-11-20(26)17-24(25)28/h6,11,17-19,21-23,25H,7-10,12-16H2,1-5H3/t19-,21?,22+,23+,25+,26+,27-/m1/s1/i1D3,2D3,18D. The Kier molecular flexibility index (Phi) is 3.57. The second kappa shape index (κ2) is 7.44. The molecule has 2 fully saturated rings. The molecule has 156 valence electrons. The summed E-state index contributed by atoms with van der Waals surface area (Å²) in [7, 11) is 0. The third-order valence-electron chi connectivity index (χ3n) is 9.35. The van der Waals surface area contributed by atoms with Crippen LogP contribution in [0.1, 0.15) is 102 Å². The van der Waals surface area contributed by atoms with E-state index in [9.17, 15) is 4.79 Å². The summed E-state index contributed by atoms with van der Waals surface area (Å²) in [5, 5.41) is 0. The van der Waals surface area contributed by atoms with Crippen LogP contribution in [-0.4, -0.2) is 5.78 Å². The first-order valence-electron chi connectivity index (χ1n) is 15.0. The Morgan fingerprint density at radius 2 is 2.00 bits per heavy atom. The van der Waals surface area contributed by atoms with Crippen molar-refractivity contribution in [2.45, 2.75) is 92.3 Å². The largest absolute Gasteiger partial charge is 0.295 e. The van der Waals surface area contributed by atoms with Crippen LogP contribution in [-0.2, 0) is 4.79 Å². The minimum absolute atomic E-state index is 0.0779. The molecule has 1 unspecified atom stereocenters. The van der Waals surface area contributed by atoms with E-state index in [1.807, 2.05) is 6.08 Å². The fourth-order valence-electron chi connectivity index (χ4n) is 7.82. The Morgan fingerprint density at radius 1 is 1.18 bits per heavy atom. The van der Waals surface area contributed by atoms with Crippen molar-refractivity contribution in [3.8, 4) is 0 Å². The smallest absolute Gasteiger partial charge is 0.159 e. The summed E-state index contributed by atoms with van der Waals surface area (Å²) in [5.74, 6) is -0.493. The van der Waals surface area contributed by atoms with Crippen LogP contribution in [0.5, 0.6) is 0 Å². The van der Waals surface area contributed by atoms with Gasteiger partial charge in [-0.2, -0.15) is 0 Å². The van der Waals surface area contributed by atoms with Crippen LogP contribution in [0.25, 0.3) is 0 Å². The van der Waals surface area contributed by atoms with E-state index < -0.39 is 19.6 Å². The van der Waals surface area contributed by atoms with Gasteiger partial charge < -0.3 is 0 Å². The summed E-state index contributed by atoms with van der Waals surface area (Å²) in [6, 6.07) is 0. The Morgan fingerprint density at radius 3 is 2.79 bits per heavy atom. The molecule has 0 spiro atoms. The highest BCUT2D eigenvalue weighted by Gasteiger charge is 2.60. The molecule has 4 rings (SSSR count). The Hall–Kier alpha value is -0.850. The van der Waals surface area contributed by atoms with Crippen molar-refractivity contribution < 1.29 is 14.4 Å². The lowest BCUT2D eigenvalue weighted by molar-refractivity contribution is -0.133. The molecule has 0 aromatic heterocycles. The van der Waals surface area contributed by atoms with Gasteiger partial charge in [0.15, 0.2) is 5.78 Å². The second-order valence-electron chi connectivity index (χ2n) is 10.7. The van der Waals surface area contributed by atoms with Crippen LogP contribution in [0.4, 0.5) is 0 Å². The summed E-state index contributed by atoms with van der Waals surface area (Å²) in [6.07, 6.45) is 13.8. The molecule has 0 saturated heterocycles. The molecule has 2 saturated carbocycles. The molecule has 0 amide bonds. The molecule has 0 N–H and O–H groups in total. The maximum absolute atomic E-state index is 13.4. The molecule has 0 bridgehead atoms. The molecule has 4 aliphatic carbocycles. The topological polar surface area (TPSA) is 17.1 Å². The Balaban J connectivity index is 1.48. The van der Waals surface area contributed by atoms with Crippen molar-refractivity contribution in [1.82, 2.24) is 0 Å². The molecule has 28 heavy (non-hydrogen) atoms. The van der Waals surface area contributed by atoms with E-state index in [0.29, 0.717) is 42.3 Å². The number of hydrogen-bond acceptors (Lipinski definition) is 1. The van der Waals surface area contributed by atoms with Crippen LogP contribution in [0.2, 0.25) is 0 Å². The maximum Gasteiger partial charge on any atom is 0.159 e. The number of rotatable bonds is 5. The fourth-order valence-corrected chi connectivity index (χ4v) is 7.82.